The number of rotatable bonds is 7. The molecule has 2 fully saturated rings. The van der Waals surface area contributed by atoms with Crippen LogP contribution in [0.4, 0.5) is 18.0 Å². The fourth-order valence-electron chi connectivity index (χ4n) is 3.64. The number of pyridine rings is 1. The molecule has 2 aliphatic heterocycles. The van der Waals surface area contributed by atoms with E-state index in [2.05, 4.69) is 15.3 Å². The number of hydrogen-bond donors (Lipinski definition) is 1. The number of amides is 2. The molecular formula is C22H22ClF3N4O5. The van der Waals surface area contributed by atoms with Crippen molar-refractivity contribution in [2.45, 2.75) is 12.3 Å². The van der Waals surface area contributed by atoms with Gasteiger partial charge in [-0.3, -0.25) is 15.1 Å². The Morgan fingerprint density at radius 1 is 1.23 bits per heavy atom. The molecule has 1 aromatic heterocycles. The number of benzene rings is 1. The largest absolute Gasteiger partial charge is 0.468 e. The van der Waals surface area contributed by atoms with Gasteiger partial charge in [-0.2, -0.15) is 13.2 Å². The minimum absolute atomic E-state index is 0.0127. The van der Waals surface area contributed by atoms with Gasteiger partial charge in [0.25, 0.3) is 5.91 Å². The number of halogens is 4. The van der Waals surface area contributed by atoms with Crippen LogP contribution in [0, 0.1) is 0 Å². The fourth-order valence-corrected chi connectivity index (χ4v) is 3.77. The van der Waals surface area contributed by atoms with Crippen LogP contribution in [-0.2, 0) is 9.47 Å². The van der Waals surface area contributed by atoms with Crippen LogP contribution in [0.5, 0.6) is 5.88 Å². The van der Waals surface area contributed by atoms with Crippen molar-refractivity contribution in [1.82, 2.24) is 20.3 Å². The Balaban J connectivity index is 1.47. The molecule has 35 heavy (non-hydrogen) atoms. The first-order valence-corrected chi connectivity index (χ1v) is 11.1. The van der Waals surface area contributed by atoms with Crippen molar-refractivity contribution in [2.75, 3.05) is 46.0 Å². The van der Waals surface area contributed by atoms with E-state index in [9.17, 15) is 22.8 Å². The van der Waals surface area contributed by atoms with Crippen molar-refractivity contribution in [3.05, 3.63) is 47.1 Å². The molecule has 0 radical (unpaired) electrons. The number of hydrazine groups is 1. The summed E-state index contributed by atoms with van der Waals surface area (Å²) in [5, 5.41) is 1.48. The van der Waals surface area contributed by atoms with E-state index in [4.69, 9.17) is 25.8 Å². The first-order chi connectivity index (χ1) is 16.7. The highest BCUT2D eigenvalue weighted by molar-refractivity contribution is 6.30. The minimum atomic E-state index is -4.57. The molecule has 0 saturated carbocycles. The number of aromatic nitrogens is 1. The molecule has 0 bridgehead atoms. The van der Waals surface area contributed by atoms with Gasteiger partial charge in [0.15, 0.2) is 6.61 Å². The third-order valence-corrected chi connectivity index (χ3v) is 5.57. The Hall–Kier alpha value is -3.09. The van der Waals surface area contributed by atoms with E-state index in [0.717, 1.165) is 24.3 Å². The number of carbonyl (C=O) groups is 2. The Bertz CT molecular complexity index is 1060. The SMILES string of the molecule is O=C(NN1CC(CN2CCOCC2)OC1=O)c1cnc(OCC(F)(F)F)c(-c2ccc(Cl)cc2)c1. The second-order valence-corrected chi connectivity index (χ2v) is 8.39. The molecule has 188 valence electrons. The zero-order valence-corrected chi connectivity index (χ0v) is 19.1. The van der Waals surface area contributed by atoms with Crippen molar-refractivity contribution in [3.8, 4) is 17.0 Å². The third kappa shape index (κ3) is 6.74. The van der Waals surface area contributed by atoms with Gasteiger partial charge in [-0.15, -0.1) is 0 Å². The average Bonchev–Trinajstić information content (AvgIpc) is 3.16. The highest BCUT2D eigenvalue weighted by Crippen LogP contribution is 2.31. The second kappa shape index (κ2) is 10.7. The van der Waals surface area contributed by atoms with Crippen LogP contribution in [0.3, 0.4) is 0 Å². The van der Waals surface area contributed by atoms with E-state index >= 15 is 0 Å². The van der Waals surface area contributed by atoms with E-state index in [-0.39, 0.29) is 23.6 Å². The van der Waals surface area contributed by atoms with E-state index in [0.29, 0.717) is 30.3 Å². The molecule has 2 amide bonds. The summed E-state index contributed by atoms with van der Waals surface area (Å²) < 4.78 is 53.6. The van der Waals surface area contributed by atoms with Gasteiger partial charge in [-0.25, -0.2) is 14.8 Å². The molecule has 1 unspecified atom stereocenters. The highest BCUT2D eigenvalue weighted by Gasteiger charge is 2.34. The number of nitrogens with one attached hydrogen (secondary N) is 1. The molecule has 2 saturated heterocycles. The van der Waals surface area contributed by atoms with Gasteiger partial charge in [-0.1, -0.05) is 23.7 Å². The Kier molecular flexibility index (Phi) is 7.63. The molecule has 0 spiro atoms. The van der Waals surface area contributed by atoms with Crippen molar-refractivity contribution in [3.63, 3.8) is 0 Å². The lowest BCUT2D eigenvalue weighted by atomic mass is 10.1. The van der Waals surface area contributed by atoms with Crippen molar-refractivity contribution < 1.29 is 37.0 Å². The predicted molar refractivity (Wildman–Crippen MR) is 118 cm³/mol. The second-order valence-electron chi connectivity index (χ2n) is 7.96. The maximum atomic E-state index is 12.8. The van der Waals surface area contributed by atoms with E-state index < -0.39 is 30.9 Å². The first-order valence-electron chi connectivity index (χ1n) is 10.7. The lowest BCUT2D eigenvalue weighted by molar-refractivity contribution is -0.154. The first kappa shape index (κ1) is 25.0. The molecule has 3 heterocycles. The van der Waals surface area contributed by atoms with Crippen LogP contribution in [0.1, 0.15) is 10.4 Å². The molecule has 1 N–H and O–H groups in total. The number of nitrogens with zero attached hydrogens (tertiary/aromatic N) is 3. The van der Waals surface area contributed by atoms with Crippen LogP contribution < -0.4 is 10.2 Å². The van der Waals surface area contributed by atoms with Crippen LogP contribution in [0.25, 0.3) is 11.1 Å². The van der Waals surface area contributed by atoms with Crippen LogP contribution in [0.15, 0.2) is 36.5 Å². The van der Waals surface area contributed by atoms with Gasteiger partial charge in [0.2, 0.25) is 5.88 Å². The summed E-state index contributed by atoms with van der Waals surface area (Å²) in [5.41, 5.74) is 3.09. The molecular weight excluding hydrogens is 493 g/mol. The maximum Gasteiger partial charge on any atom is 0.429 e. The molecule has 0 aliphatic carbocycles. The standard InChI is InChI=1S/C22H22ClF3N4O5/c23-16-3-1-14(2-4-16)18-9-15(10-27-20(18)34-13-22(24,25)26)19(31)28-30-12-17(35-21(30)32)11-29-5-7-33-8-6-29/h1-4,9-10,17H,5-8,11-13H2,(H,28,31). The lowest BCUT2D eigenvalue weighted by Crippen LogP contribution is -2.45. The van der Waals surface area contributed by atoms with Gasteiger partial charge < -0.3 is 14.2 Å². The van der Waals surface area contributed by atoms with Gasteiger partial charge in [-0.05, 0) is 23.8 Å². The van der Waals surface area contributed by atoms with Gasteiger partial charge in [0, 0.05) is 36.4 Å². The molecule has 2 aliphatic rings. The Morgan fingerprint density at radius 2 is 1.94 bits per heavy atom. The molecule has 13 heteroatoms. The molecule has 1 atom stereocenters. The quantitative estimate of drug-likeness (QED) is 0.607. The molecule has 9 nitrogen and oxygen atoms in total. The smallest absolute Gasteiger partial charge is 0.429 e. The Morgan fingerprint density at radius 3 is 2.63 bits per heavy atom. The fraction of sp³-hybridized carbons (Fsp3) is 0.409. The topological polar surface area (TPSA) is 93.2 Å². The van der Waals surface area contributed by atoms with Gasteiger partial charge in [0.1, 0.15) is 6.10 Å². The minimum Gasteiger partial charge on any atom is -0.468 e. The summed E-state index contributed by atoms with van der Waals surface area (Å²) >= 11 is 5.91. The Labute approximate surface area is 203 Å². The summed E-state index contributed by atoms with van der Waals surface area (Å²) in [7, 11) is 0. The zero-order chi connectivity index (χ0) is 25.0. The van der Waals surface area contributed by atoms with Crippen molar-refractivity contribution >= 4 is 23.6 Å². The van der Waals surface area contributed by atoms with Gasteiger partial charge >= 0.3 is 12.3 Å². The van der Waals surface area contributed by atoms with Crippen LogP contribution in [0.2, 0.25) is 5.02 Å². The summed E-state index contributed by atoms with van der Waals surface area (Å²) in [6.07, 6.45) is -4.62. The monoisotopic (exact) mass is 514 g/mol. The molecule has 4 rings (SSSR count). The average molecular weight is 515 g/mol. The number of cyclic esters (lactones) is 1. The van der Waals surface area contributed by atoms with Crippen LogP contribution >= 0.6 is 11.6 Å². The zero-order valence-electron chi connectivity index (χ0n) is 18.4. The van der Waals surface area contributed by atoms with Crippen LogP contribution in [-0.4, -0.2) is 85.2 Å². The van der Waals surface area contributed by atoms with Gasteiger partial charge in [0.05, 0.1) is 25.3 Å². The number of morpholine rings is 1. The van der Waals surface area contributed by atoms with E-state index in [1.807, 2.05) is 0 Å². The van der Waals surface area contributed by atoms with Crippen molar-refractivity contribution in [2.24, 2.45) is 0 Å². The summed E-state index contributed by atoms with van der Waals surface area (Å²) in [6.45, 7) is 1.77. The summed E-state index contributed by atoms with van der Waals surface area (Å²) in [5.74, 6) is -0.980. The molecule has 2 aromatic rings. The normalized spacial score (nSPS) is 18.9. The van der Waals surface area contributed by atoms with Crippen molar-refractivity contribution in [1.29, 1.82) is 0 Å². The number of carbonyl (C=O) groups excluding carboxylic acids is 2. The number of hydrogen-bond acceptors (Lipinski definition) is 7. The maximum absolute atomic E-state index is 12.8. The number of alkyl halides is 3. The third-order valence-electron chi connectivity index (χ3n) is 5.32. The summed E-state index contributed by atoms with van der Waals surface area (Å²) in [6, 6.07) is 7.56. The molecule has 1 aromatic carbocycles. The summed E-state index contributed by atoms with van der Waals surface area (Å²) in [4.78, 5) is 31.1. The van der Waals surface area contributed by atoms with E-state index in [1.54, 1.807) is 24.3 Å². The number of ether oxygens (including phenoxy) is 3. The lowest BCUT2D eigenvalue weighted by Gasteiger charge is -2.27. The predicted octanol–water partition coefficient (Wildman–Crippen LogP) is 3.14. The highest BCUT2D eigenvalue weighted by atomic mass is 35.5. The van der Waals surface area contributed by atoms with E-state index in [1.165, 1.54) is 6.07 Å².